The number of hydrogen-bond acceptors (Lipinski definition) is 0. The van der Waals surface area contributed by atoms with Crippen LogP contribution in [0.25, 0.3) is 0 Å². The predicted molar refractivity (Wildman–Crippen MR) is 62.1 cm³/mol. The molecule has 0 aromatic carbocycles. The van der Waals surface area contributed by atoms with Crippen molar-refractivity contribution in [3.8, 4) is 0 Å². The average molecular weight is 225 g/mol. The summed E-state index contributed by atoms with van der Waals surface area (Å²) in [5.41, 5.74) is 0. The Hall–Kier alpha value is 0.537. The molecule has 0 atom stereocenters. The Bertz CT molecular complexity index is 105. The first-order valence-corrected chi connectivity index (χ1v) is 7.35. The lowest BCUT2D eigenvalue weighted by molar-refractivity contribution is 0.673. The molecule has 0 amide bonds. The normalized spacial score (nSPS) is 11.6. The zero-order valence-corrected chi connectivity index (χ0v) is 10.5. The summed E-state index contributed by atoms with van der Waals surface area (Å²) >= 11 is 11.3. The van der Waals surface area contributed by atoms with Crippen LogP contribution in [0.1, 0.15) is 32.1 Å². The van der Waals surface area contributed by atoms with Gasteiger partial charge in [-0.25, -0.2) is 0 Å². The van der Waals surface area contributed by atoms with E-state index in [1.165, 1.54) is 31.7 Å². The molecule has 0 saturated heterocycles. The highest BCUT2D eigenvalue weighted by atomic mass is 35.5. The Balaban J connectivity index is 2.86. The fourth-order valence-electron chi connectivity index (χ4n) is 1.12. The second-order valence-corrected chi connectivity index (χ2v) is 7.44. The van der Waals surface area contributed by atoms with Gasteiger partial charge in [0.2, 0.25) is 0 Å². The van der Waals surface area contributed by atoms with Crippen LogP contribution in [0.2, 0.25) is 6.04 Å². The summed E-state index contributed by atoms with van der Waals surface area (Å²) in [6.07, 6.45) is 8.42. The van der Waals surface area contributed by atoms with Gasteiger partial charge in [0.1, 0.15) is 0 Å². The molecule has 0 unspecified atom stereocenters. The lowest BCUT2D eigenvalue weighted by atomic mass is 10.1. The molecule has 0 rings (SSSR count). The van der Waals surface area contributed by atoms with Crippen molar-refractivity contribution in [3.05, 3.63) is 12.7 Å². The lowest BCUT2D eigenvalue weighted by Gasteiger charge is -2.00. The Kier molecular flexibility index (Phi) is 10.1. The van der Waals surface area contributed by atoms with E-state index in [0.717, 1.165) is 6.42 Å². The first-order valence-electron chi connectivity index (χ1n) is 4.66. The van der Waals surface area contributed by atoms with E-state index in [0.29, 0.717) is 0 Å². The van der Waals surface area contributed by atoms with Gasteiger partial charge < -0.3 is 0 Å². The Morgan fingerprint density at radius 3 is 2.42 bits per heavy atom. The van der Waals surface area contributed by atoms with Gasteiger partial charge in [-0.15, -0.1) is 29.8 Å². The van der Waals surface area contributed by atoms with Crippen LogP contribution in [0.5, 0.6) is 0 Å². The van der Waals surface area contributed by atoms with Crippen LogP contribution < -0.4 is 0 Å². The third-order valence-corrected chi connectivity index (χ3v) is 4.48. The van der Waals surface area contributed by atoms with E-state index >= 15 is 0 Å². The van der Waals surface area contributed by atoms with Crippen molar-refractivity contribution in [1.82, 2.24) is 0 Å². The molecule has 0 N–H and O–H groups in total. The molecule has 12 heavy (non-hydrogen) atoms. The van der Waals surface area contributed by atoms with Gasteiger partial charge in [0.25, 0.3) is 0 Å². The summed E-state index contributed by atoms with van der Waals surface area (Å²) < 4.78 is -0.0295. The fraction of sp³-hybridized carbons (Fsp3) is 0.778. The van der Waals surface area contributed by atoms with E-state index in [9.17, 15) is 0 Å². The van der Waals surface area contributed by atoms with E-state index in [4.69, 9.17) is 23.2 Å². The van der Waals surface area contributed by atoms with E-state index in [-0.39, 0.29) is 14.0 Å². The maximum atomic E-state index is 5.65. The average Bonchev–Trinajstić information content (AvgIpc) is 2.02. The van der Waals surface area contributed by atoms with Crippen LogP contribution in [0, 0.1) is 0 Å². The quantitative estimate of drug-likeness (QED) is 0.257. The molecule has 0 aliphatic rings. The Labute approximate surface area is 88.2 Å². The fourth-order valence-corrected chi connectivity index (χ4v) is 2.99. The second kappa shape index (κ2) is 9.62. The van der Waals surface area contributed by atoms with Crippen LogP contribution in [0.3, 0.4) is 0 Å². The van der Waals surface area contributed by atoms with E-state index < -0.39 is 0 Å². The molecular weight excluding hydrogens is 207 g/mol. The lowest BCUT2D eigenvalue weighted by Crippen LogP contribution is -1.99. The van der Waals surface area contributed by atoms with Crippen molar-refractivity contribution in [2.75, 3.05) is 0 Å². The minimum Gasteiger partial charge on any atom is -0.110 e. The number of allylic oxidation sites excluding steroid dienone is 1. The van der Waals surface area contributed by atoms with Gasteiger partial charge in [0.15, 0.2) is 0 Å². The van der Waals surface area contributed by atoms with Crippen molar-refractivity contribution >= 4 is 32.7 Å². The first kappa shape index (κ1) is 12.5. The van der Waals surface area contributed by atoms with Crippen molar-refractivity contribution < 1.29 is 0 Å². The standard InChI is InChI=1S/C9H18Cl2Si/c1-2-3-4-5-6-7-8-12-9(10)11/h2,9H,1,3-8,12H2. The van der Waals surface area contributed by atoms with Crippen molar-refractivity contribution in [2.24, 2.45) is 0 Å². The molecule has 0 aromatic heterocycles. The summed E-state index contributed by atoms with van der Waals surface area (Å²) in [6.45, 7) is 3.69. The van der Waals surface area contributed by atoms with Crippen LogP contribution in [0.4, 0.5) is 0 Å². The van der Waals surface area contributed by atoms with Crippen molar-refractivity contribution in [1.29, 1.82) is 0 Å². The number of alkyl halides is 2. The van der Waals surface area contributed by atoms with Crippen LogP contribution in [-0.2, 0) is 0 Å². The summed E-state index contributed by atoms with van der Waals surface area (Å²) in [4.78, 5) is 0. The van der Waals surface area contributed by atoms with Gasteiger partial charge in [-0.3, -0.25) is 0 Å². The van der Waals surface area contributed by atoms with Gasteiger partial charge in [0, 0.05) is 0 Å². The van der Waals surface area contributed by atoms with E-state index in [1.54, 1.807) is 0 Å². The first-order chi connectivity index (χ1) is 5.77. The largest absolute Gasteiger partial charge is 0.110 e. The molecule has 72 valence electrons. The predicted octanol–water partition coefficient (Wildman–Crippen LogP) is 3.47. The third-order valence-electron chi connectivity index (χ3n) is 1.83. The molecular formula is C9H18Cl2Si. The second-order valence-electron chi connectivity index (χ2n) is 3.02. The summed E-state index contributed by atoms with van der Waals surface area (Å²) in [5.74, 6) is 0. The molecule has 0 aliphatic carbocycles. The number of unbranched alkanes of at least 4 members (excludes halogenated alkanes) is 4. The van der Waals surface area contributed by atoms with Crippen LogP contribution >= 0.6 is 23.2 Å². The number of hydrogen-bond donors (Lipinski definition) is 0. The highest BCUT2D eigenvalue weighted by Crippen LogP contribution is 2.08. The van der Waals surface area contributed by atoms with Gasteiger partial charge >= 0.3 is 0 Å². The Morgan fingerprint density at radius 1 is 1.17 bits per heavy atom. The zero-order chi connectivity index (χ0) is 9.23. The van der Waals surface area contributed by atoms with Crippen molar-refractivity contribution in [2.45, 2.75) is 42.6 Å². The number of halogens is 2. The maximum absolute atomic E-state index is 5.65. The minimum absolute atomic E-state index is 0.0295. The monoisotopic (exact) mass is 224 g/mol. The summed E-state index contributed by atoms with van der Waals surface area (Å²) in [5, 5.41) is 0. The topological polar surface area (TPSA) is 0 Å². The van der Waals surface area contributed by atoms with Gasteiger partial charge in [0.05, 0.1) is 14.0 Å². The SMILES string of the molecule is C=CCCCCCC[SiH2]C(Cl)Cl. The summed E-state index contributed by atoms with van der Waals surface area (Å²) in [7, 11) is -0.183. The van der Waals surface area contributed by atoms with E-state index in [2.05, 4.69) is 6.58 Å². The summed E-state index contributed by atoms with van der Waals surface area (Å²) in [6, 6.07) is 1.30. The van der Waals surface area contributed by atoms with Gasteiger partial charge in [-0.1, -0.05) is 31.4 Å². The van der Waals surface area contributed by atoms with Gasteiger partial charge in [-0.05, 0) is 12.8 Å². The molecule has 0 nitrogen and oxygen atoms in total. The van der Waals surface area contributed by atoms with Crippen LogP contribution in [-0.4, -0.2) is 14.0 Å². The van der Waals surface area contributed by atoms with E-state index in [1.807, 2.05) is 6.08 Å². The maximum Gasteiger partial charge on any atom is 0.0908 e. The number of rotatable bonds is 8. The molecule has 0 aromatic rings. The molecule has 0 radical (unpaired) electrons. The molecule has 0 spiro atoms. The Morgan fingerprint density at radius 2 is 1.83 bits per heavy atom. The highest BCUT2D eigenvalue weighted by molar-refractivity contribution is 6.68. The molecule has 0 aliphatic heterocycles. The molecule has 0 bridgehead atoms. The zero-order valence-electron chi connectivity index (χ0n) is 7.57. The molecule has 3 heteroatoms. The molecule has 0 heterocycles. The van der Waals surface area contributed by atoms with Crippen molar-refractivity contribution in [3.63, 3.8) is 0 Å². The molecule has 0 fully saturated rings. The minimum atomic E-state index is -0.183. The third kappa shape index (κ3) is 10.5. The van der Waals surface area contributed by atoms with Gasteiger partial charge in [-0.2, -0.15) is 0 Å². The molecule has 0 saturated carbocycles. The van der Waals surface area contributed by atoms with Crippen LogP contribution in [0.15, 0.2) is 12.7 Å². The smallest absolute Gasteiger partial charge is 0.0908 e. The highest BCUT2D eigenvalue weighted by Gasteiger charge is 1.98.